The van der Waals surface area contributed by atoms with E-state index in [9.17, 15) is 0 Å². The van der Waals surface area contributed by atoms with Crippen LogP contribution in [0.5, 0.6) is 11.5 Å². The van der Waals surface area contributed by atoms with Crippen LogP contribution < -0.4 is 14.8 Å². The molecule has 0 amide bonds. The summed E-state index contributed by atoms with van der Waals surface area (Å²) < 4.78 is 11.0. The number of ether oxygens (including phenoxy) is 2. The van der Waals surface area contributed by atoms with E-state index in [2.05, 4.69) is 67.2 Å². The first-order chi connectivity index (χ1) is 13.7. The van der Waals surface area contributed by atoms with Gasteiger partial charge in [-0.3, -0.25) is 9.88 Å². The maximum Gasteiger partial charge on any atom is 0.122 e. The molecule has 0 spiro atoms. The highest BCUT2D eigenvalue weighted by Gasteiger charge is 2.39. The van der Waals surface area contributed by atoms with Crippen LogP contribution >= 0.6 is 0 Å². The van der Waals surface area contributed by atoms with Gasteiger partial charge < -0.3 is 14.8 Å². The Hall–Kier alpha value is -2.11. The van der Waals surface area contributed by atoms with Gasteiger partial charge in [-0.2, -0.15) is 0 Å². The topological polar surface area (TPSA) is 46.6 Å². The third-order valence-corrected chi connectivity index (χ3v) is 5.62. The van der Waals surface area contributed by atoms with E-state index in [4.69, 9.17) is 9.47 Å². The molecule has 2 heterocycles. The van der Waals surface area contributed by atoms with Gasteiger partial charge in [-0.1, -0.05) is 0 Å². The normalized spacial score (nSPS) is 18.6. The van der Waals surface area contributed by atoms with Crippen LogP contribution in [-0.4, -0.2) is 41.2 Å². The van der Waals surface area contributed by atoms with Crippen molar-refractivity contribution in [3.63, 3.8) is 0 Å². The van der Waals surface area contributed by atoms with Crippen LogP contribution in [0.25, 0.3) is 0 Å². The predicted octanol–water partition coefficient (Wildman–Crippen LogP) is 4.41. The van der Waals surface area contributed by atoms with E-state index in [1.165, 1.54) is 11.1 Å². The fourth-order valence-corrected chi connectivity index (χ4v) is 4.76. The van der Waals surface area contributed by atoms with Crippen LogP contribution in [0.15, 0.2) is 42.7 Å². The number of benzene rings is 1. The molecular formula is C24H35N3O2. The highest BCUT2D eigenvalue weighted by molar-refractivity contribution is 5.38. The lowest BCUT2D eigenvalue weighted by Gasteiger charge is -2.49. The molecule has 0 bridgehead atoms. The van der Waals surface area contributed by atoms with Crippen LogP contribution in [0.1, 0.15) is 51.7 Å². The SMILES string of the molecule is COc1cc(CN(Cc2ccncc2)C2CC(C)(C)NC(C)(C)C2)cc(OC)c1. The summed E-state index contributed by atoms with van der Waals surface area (Å²) >= 11 is 0. The molecule has 1 saturated heterocycles. The summed E-state index contributed by atoms with van der Waals surface area (Å²) in [5, 5.41) is 3.80. The number of piperidine rings is 1. The molecule has 5 nitrogen and oxygen atoms in total. The van der Waals surface area contributed by atoms with Crippen LogP contribution in [0.4, 0.5) is 0 Å². The fraction of sp³-hybridized carbons (Fsp3) is 0.542. The Balaban J connectivity index is 1.91. The molecule has 0 saturated carbocycles. The molecule has 0 aliphatic carbocycles. The first kappa shape index (κ1) is 21.6. The van der Waals surface area contributed by atoms with Gasteiger partial charge in [-0.15, -0.1) is 0 Å². The molecule has 1 N–H and O–H groups in total. The number of methoxy groups -OCH3 is 2. The number of hydrogen-bond donors (Lipinski definition) is 1. The van der Waals surface area contributed by atoms with Gasteiger partial charge in [0.05, 0.1) is 14.2 Å². The van der Waals surface area contributed by atoms with E-state index >= 15 is 0 Å². The van der Waals surface area contributed by atoms with Crippen LogP contribution in [-0.2, 0) is 13.1 Å². The molecule has 5 heteroatoms. The lowest BCUT2D eigenvalue weighted by molar-refractivity contribution is 0.0562. The van der Waals surface area contributed by atoms with Crippen molar-refractivity contribution in [2.75, 3.05) is 14.2 Å². The molecule has 0 unspecified atom stereocenters. The smallest absolute Gasteiger partial charge is 0.122 e. The molecule has 2 aromatic rings. The van der Waals surface area contributed by atoms with Gasteiger partial charge in [0, 0.05) is 48.7 Å². The molecule has 1 aliphatic heterocycles. The fourth-order valence-electron chi connectivity index (χ4n) is 4.76. The molecule has 158 valence electrons. The Morgan fingerprint density at radius 2 is 1.41 bits per heavy atom. The first-order valence-corrected chi connectivity index (χ1v) is 10.3. The minimum atomic E-state index is 0.0922. The highest BCUT2D eigenvalue weighted by atomic mass is 16.5. The summed E-state index contributed by atoms with van der Waals surface area (Å²) in [6.45, 7) is 11.0. The summed E-state index contributed by atoms with van der Waals surface area (Å²) in [4.78, 5) is 6.77. The lowest BCUT2D eigenvalue weighted by Crippen LogP contribution is -2.62. The third kappa shape index (κ3) is 5.94. The number of rotatable bonds is 7. The predicted molar refractivity (Wildman–Crippen MR) is 117 cm³/mol. The van der Waals surface area contributed by atoms with Crippen LogP contribution in [0.3, 0.4) is 0 Å². The third-order valence-electron chi connectivity index (χ3n) is 5.62. The van der Waals surface area contributed by atoms with Crippen molar-refractivity contribution in [1.82, 2.24) is 15.2 Å². The molecule has 0 atom stereocenters. The van der Waals surface area contributed by atoms with Gasteiger partial charge in [-0.25, -0.2) is 0 Å². The maximum atomic E-state index is 5.49. The van der Waals surface area contributed by atoms with Crippen molar-refractivity contribution in [3.8, 4) is 11.5 Å². The van der Waals surface area contributed by atoms with E-state index in [1.807, 2.05) is 18.5 Å². The molecule has 0 radical (unpaired) electrons. The van der Waals surface area contributed by atoms with E-state index < -0.39 is 0 Å². The number of pyridine rings is 1. The summed E-state index contributed by atoms with van der Waals surface area (Å²) in [7, 11) is 3.40. The maximum absolute atomic E-state index is 5.49. The van der Waals surface area contributed by atoms with E-state index in [0.717, 1.165) is 37.4 Å². The minimum Gasteiger partial charge on any atom is -0.497 e. The second-order valence-electron chi connectivity index (χ2n) is 9.44. The summed E-state index contributed by atoms with van der Waals surface area (Å²) in [6, 6.07) is 10.8. The highest BCUT2D eigenvalue weighted by Crippen LogP contribution is 2.34. The first-order valence-electron chi connectivity index (χ1n) is 10.3. The van der Waals surface area contributed by atoms with Crippen molar-refractivity contribution >= 4 is 0 Å². The zero-order valence-electron chi connectivity index (χ0n) is 18.7. The van der Waals surface area contributed by atoms with Crippen molar-refractivity contribution in [2.45, 2.75) is 70.7 Å². The van der Waals surface area contributed by atoms with E-state index in [-0.39, 0.29) is 11.1 Å². The standard InChI is InChI=1S/C24H35N3O2/c1-23(2)14-20(15-24(3,4)26-23)27(16-18-7-9-25-10-8-18)17-19-11-21(28-5)13-22(12-19)29-6/h7-13,20,26H,14-17H2,1-6H3. The van der Waals surface area contributed by atoms with Crippen molar-refractivity contribution in [2.24, 2.45) is 0 Å². The van der Waals surface area contributed by atoms with E-state index in [0.29, 0.717) is 6.04 Å². The Kier molecular flexibility index (Phi) is 6.49. The lowest BCUT2D eigenvalue weighted by atomic mass is 9.78. The molecule has 1 fully saturated rings. The Labute approximate surface area is 175 Å². The summed E-state index contributed by atoms with van der Waals surface area (Å²) in [5.41, 5.74) is 2.66. The monoisotopic (exact) mass is 397 g/mol. The van der Waals surface area contributed by atoms with Gasteiger partial charge in [-0.05, 0) is 75.9 Å². The Morgan fingerprint density at radius 1 is 0.897 bits per heavy atom. The number of nitrogens with one attached hydrogen (secondary N) is 1. The Morgan fingerprint density at radius 3 is 1.93 bits per heavy atom. The molecule has 1 aromatic heterocycles. The van der Waals surface area contributed by atoms with Crippen LogP contribution in [0.2, 0.25) is 0 Å². The quantitative estimate of drug-likeness (QED) is 0.750. The van der Waals surface area contributed by atoms with Gasteiger partial charge in [0.1, 0.15) is 11.5 Å². The molecule has 1 aliphatic rings. The number of nitrogens with zero attached hydrogens (tertiary/aromatic N) is 2. The zero-order valence-corrected chi connectivity index (χ0v) is 18.7. The van der Waals surface area contributed by atoms with Crippen molar-refractivity contribution in [3.05, 3.63) is 53.9 Å². The summed E-state index contributed by atoms with van der Waals surface area (Å²) in [6.07, 6.45) is 5.95. The van der Waals surface area contributed by atoms with Crippen molar-refractivity contribution in [1.29, 1.82) is 0 Å². The second-order valence-corrected chi connectivity index (χ2v) is 9.44. The van der Waals surface area contributed by atoms with Gasteiger partial charge in [0.25, 0.3) is 0 Å². The number of aromatic nitrogens is 1. The van der Waals surface area contributed by atoms with Gasteiger partial charge in [0.15, 0.2) is 0 Å². The molecule has 29 heavy (non-hydrogen) atoms. The average Bonchev–Trinajstić information content (AvgIpc) is 2.65. The molecular weight excluding hydrogens is 362 g/mol. The molecule has 1 aromatic carbocycles. The van der Waals surface area contributed by atoms with Gasteiger partial charge >= 0.3 is 0 Å². The van der Waals surface area contributed by atoms with Crippen LogP contribution in [0, 0.1) is 0 Å². The van der Waals surface area contributed by atoms with Gasteiger partial charge in [0.2, 0.25) is 0 Å². The minimum absolute atomic E-state index is 0.0922. The number of hydrogen-bond acceptors (Lipinski definition) is 5. The van der Waals surface area contributed by atoms with Crippen molar-refractivity contribution < 1.29 is 9.47 Å². The molecule has 3 rings (SSSR count). The largest absolute Gasteiger partial charge is 0.497 e. The van der Waals surface area contributed by atoms with E-state index in [1.54, 1.807) is 14.2 Å². The zero-order chi connectivity index (χ0) is 21.1. The average molecular weight is 398 g/mol. The summed E-state index contributed by atoms with van der Waals surface area (Å²) in [5.74, 6) is 1.66. The Bertz CT molecular complexity index is 767. The second kappa shape index (κ2) is 8.72.